The van der Waals surface area contributed by atoms with E-state index in [1.165, 1.54) is 16.3 Å². The Balaban J connectivity index is 2.34. The molecule has 100 valence electrons. The Kier molecular flexibility index (Phi) is 4.23. The van der Waals surface area contributed by atoms with Gasteiger partial charge in [-0.2, -0.15) is 0 Å². The van der Waals surface area contributed by atoms with Gasteiger partial charge in [0.25, 0.3) is 0 Å². The average molecular weight is 255 g/mol. The van der Waals surface area contributed by atoms with Crippen LogP contribution in [0.25, 0.3) is 10.8 Å². The molecular weight excluding hydrogens is 234 g/mol. The Bertz CT molecular complexity index is 589. The Hall–Kier alpha value is -1.80. The van der Waals surface area contributed by atoms with Gasteiger partial charge in [-0.05, 0) is 48.2 Å². The van der Waals surface area contributed by atoms with E-state index in [0.717, 1.165) is 24.2 Å². The Morgan fingerprint density at radius 1 is 1.32 bits per heavy atom. The molecule has 2 heteroatoms. The zero-order valence-corrected chi connectivity index (χ0v) is 11.6. The van der Waals surface area contributed by atoms with Crippen molar-refractivity contribution in [3.63, 3.8) is 0 Å². The van der Waals surface area contributed by atoms with Crippen molar-refractivity contribution < 1.29 is 4.74 Å². The van der Waals surface area contributed by atoms with Gasteiger partial charge in [0.2, 0.25) is 0 Å². The second kappa shape index (κ2) is 5.89. The van der Waals surface area contributed by atoms with Gasteiger partial charge >= 0.3 is 0 Å². The SMILES string of the molecule is C=C(C)CC(N)Cc1cccc2ccc(OC)cc12. The van der Waals surface area contributed by atoms with Crippen LogP contribution in [0.15, 0.2) is 48.6 Å². The van der Waals surface area contributed by atoms with Crippen LogP contribution >= 0.6 is 0 Å². The van der Waals surface area contributed by atoms with Gasteiger partial charge < -0.3 is 10.5 Å². The number of rotatable bonds is 5. The molecular formula is C17H21NO. The highest BCUT2D eigenvalue weighted by atomic mass is 16.5. The smallest absolute Gasteiger partial charge is 0.119 e. The van der Waals surface area contributed by atoms with E-state index >= 15 is 0 Å². The first kappa shape index (κ1) is 13.6. The highest BCUT2D eigenvalue weighted by molar-refractivity contribution is 5.87. The molecule has 0 radical (unpaired) electrons. The van der Waals surface area contributed by atoms with Gasteiger partial charge in [-0.1, -0.05) is 29.8 Å². The molecule has 0 saturated carbocycles. The van der Waals surface area contributed by atoms with E-state index in [1.54, 1.807) is 7.11 Å². The summed E-state index contributed by atoms with van der Waals surface area (Å²) in [6.07, 6.45) is 1.72. The number of ether oxygens (including phenoxy) is 1. The first-order valence-electron chi connectivity index (χ1n) is 6.55. The van der Waals surface area contributed by atoms with Crippen LogP contribution in [0, 0.1) is 0 Å². The molecule has 0 aliphatic heterocycles. The van der Waals surface area contributed by atoms with E-state index in [-0.39, 0.29) is 6.04 Å². The molecule has 1 atom stereocenters. The lowest BCUT2D eigenvalue weighted by Crippen LogP contribution is -2.23. The zero-order valence-electron chi connectivity index (χ0n) is 11.6. The molecule has 0 bridgehead atoms. The predicted octanol–water partition coefficient (Wildman–Crippen LogP) is 3.68. The lowest BCUT2D eigenvalue weighted by Gasteiger charge is -2.14. The summed E-state index contributed by atoms with van der Waals surface area (Å²) in [5.41, 5.74) is 8.57. The quantitative estimate of drug-likeness (QED) is 0.827. The maximum Gasteiger partial charge on any atom is 0.119 e. The molecule has 19 heavy (non-hydrogen) atoms. The standard InChI is InChI=1S/C17H21NO/c1-12(2)9-15(18)10-14-6-4-5-13-7-8-16(19-3)11-17(13)14/h4-8,11,15H,1,9-10,18H2,2-3H3. The second-order valence-electron chi connectivity index (χ2n) is 5.13. The molecule has 2 rings (SSSR count). The molecule has 0 aliphatic rings. The van der Waals surface area contributed by atoms with Crippen LogP contribution in [0.5, 0.6) is 5.75 Å². The largest absolute Gasteiger partial charge is 0.497 e. The van der Waals surface area contributed by atoms with Gasteiger partial charge in [-0.3, -0.25) is 0 Å². The summed E-state index contributed by atoms with van der Waals surface area (Å²) in [6, 6.07) is 12.6. The fourth-order valence-corrected chi connectivity index (χ4v) is 2.42. The van der Waals surface area contributed by atoms with E-state index in [1.807, 2.05) is 13.0 Å². The van der Waals surface area contributed by atoms with Gasteiger partial charge in [0.05, 0.1) is 7.11 Å². The molecule has 0 aromatic heterocycles. The summed E-state index contributed by atoms with van der Waals surface area (Å²) in [6.45, 7) is 5.95. The molecule has 1 unspecified atom stereocenters. The average Bonchev–Trinajstić information content (AvgIpc) is 2.37. The molecule has 0 fully saturated rings. The van der Waals surface area contributed by atoms with Crippen molar-refractivity contribution in [3.05, 3.63) is 54.1 Å². The number of benzene rings is 2. The van der Waals surface area contributed by atoms with Crippen LogP contribution in [0.1, 0.15) is 18.9 Å². The normalized spacial score (nSPS) is 12.4. The molecule has 0 aliphatic carbocycles. The highest BCUT2D eigenvalue weighted by Crippen LogP contribution is 2.25. The van der Waals surface area contributed by atoms with Crippen LogP contribution in [-0.4, -0.2) is 13.2 Å². The van der Waals surface area contributed by atoms with Crippen LogP contribution in [0.3, 0.4) is 0 Å². The monoisotopic (exact) mass is 255 g/mol. The number of hydrogen-bond acceptors (Lipinski definition) is 2. The van der Waals surface area contributed by atoms with Gasteiger partial charge in [0, 0.05) is 6.04 Å². The van der Waals surface area contributed by atoms with Crippen molar-refractivity contribution in [2.75, 3.05) is 7.11 Å². The minimum atomic E-state index is 0.120. The third kappa shape index (κ3) is 3.36. The third-order valence-electron chi connectivity index (χ3n) is 3.27. The maximum absolute atomic E-state index is 6.18. The van der Waals surface area contributed by atoms with E-state index < -0.39 is 0 Å². The summed E-state index contributed by atoms with van der Waals surface area (Å²) >= 11 is 0. The van der Waals surface area contributed by atoms with Crippen molar-refractivity contribution in [3.8, 4) is 5.75 Å². The van der Waals surface area contributed by atoms with Gasteiger partial charge in [0.1, 0.15) is 5.75 Å². The van der Waals surface area contributed by atoms with E-state index in [0.29, 0.717) is 0 Å². The van der Waals surface area contributed by atoms with Crippen molar-refractivity contribution in [1.82, 2.24) is 0 Å². The number of hydrogen-bond donors (Lipinski definition) is 1. The van der Waals surface area contributed by atoms with Crippen LogP contribution < -0.4 is 10.5 Å². The highest BCUT2D eigenvalue weighted by Gasteiger charge is 2.08. The van der Waals surface area contributed by atoms with Crippen molar-refractivity contribution >= 4 is 10.8 Å². The molecule has 2 aromatic carbocycles. The zero-order chi connectivity index (χ0) is 13.8. The predicted molar refractivity (Wildman–Crippen MR) is 81.6 cm³/mol. The fourth-order valence-electron chi connectivity index (χ4n) is 2.42. The third-order valence-corrected chi connectivity index (χ3v) is 3.27. The van der Waals surface area contributed by atoms with E-state index in [9.17, 15) is 0 Å². The lowest BCUT2D eigenvalue weighted by atomic mass is 9.96. The molecule has 2 aromatic rings. The number of fused-ring (bicyclic) bond motifs is 1. The second-order valence-corrected chi connectivity index (χ2v) is 5.13. The molecule has 2 nitrogen and oxygen atoms in total. The van der Waals surface area contributed by atoms with Crippen LogP contribution in [0.2, 0.25) is 0 Å². The van der Waals surface area contributed by atoms with E-state index in [2.05, 4.69) is 36.9 Å². The summed E-state index contributed by atoms with van der Waals surface area (Å²) in [5, 5.41) is 2.44. The minimum Gasteiger partial charge on any atom is -0.497 e. The van der Waals surface area contributed by atoms with Crippen LogP contribution in [-0.2, 0) is 6.42 Å². The summed E-state index contributed by atoms with van der Waals surface area (Å²) < 4.78 is 5.30. The molecule has 2 N–H and O–H groups in total. The van der Waals surface area contributed by atoms with E-state index in [4.69, 9.17) is 10.5 Å². The minimum absolute atomic E-state index is 0.120. The van der Waals surface area contributed by atoms with Gasteiger partial charge in [-0.15, -0.1) is 6.58 Å². The fraction of sp³-hybridized carbons (Fsp3) is 0.294. The topological polar surface area (TPSA) is 35.2 Å². The lowest BCUT2D eigenvalue weighted by molar-refractivity contribution is 0.415. The summed E-state index contributed by atoms with van der Waals surface area (Å²) in [7, 11) is 1.69. The first-order valence-corrected chi connectivity index (χ1v) is 6.55. The maximum atomic E-state index is 6.18. The van der Waals surface area contributed by atoms with Crippen molar-refractivity contribution in [1.29, 1.82) is 0 Å². The summed E-state index contributed by atoms with van der Waals surface area (Å²) in [5.74, 6) is 0.883. The molecule has 0 heterocycles. The Labute approximate surface area is 114 Å². The van der Waals surface area contributed by atoms with Gasteiger partial charge in [0.15, 0.2) is 0 Å². The van der Waals surface area contributed by atoms with Crippen molar-refractivity contribution in [2.45, 2.75) is 25.8 Å². The molecule has 0 saturated heterocycles. The van der Waals surface area contributed by atoms with Gasteiger partial charge in [-0.25, -0.2) is 0 Å². The molecule has 0 spiro atoms. The Morgan fingerprint density at radius 3 is 2.79 bits per heavy atom. The number of methoxy groups -OCH3 is 1. The first-order chi connectivity index (χ1) is 9.10. The van der Waals surface area contributed by atoms with Crippen molar-refractivity contribution in [2.24, 2.45) is 5.73 Å². The molecule has 0 amide bonds. The summed E-state index contributed by atoms with van der Waals surface area (Å²) in [4.78, 5) is 0. The van der Waals surface area contributed by atoms with Crippen LogP contribution in [0.4, 0.5) is 0 Å². The Morgan fingerprint density at radius 2 is 2.11 bits per heavy atom. The number of nitrogens with two attached hydrogens (primary N) is 1.